The summed E-state index contributed by atoms with van der Waals surface area (Å²) in [6.45, 7) is 4.25. The van der Waals surface area contributed by atoms with Crippen LogP contribution in [0.1, 0.15) is 30.5 Å². The molecule has 1 aromatic carbocycles. The Kier molecular flexibility index (Phi) is 2.60. The first kappa shape index (κ1) is 9.72. The highest BCUT2D eigenvalue weighted by Gasteiger charge is 2.15. The van der Waals surface area contributed by atoms with Gasteiger partial charge in [-0.05, 0) is 36.5 Å². The van der Waals surface area contributed by atoms with Crippen molar-refractivity contribution in [2.75, 3.05) is 0 Å². The summed E-state index contributed by atoms with van der Waals surface area (Å²) in [6.07, 6.45) is 3.91. The van der Waals surface area contributed by atoms with Gasteiger partial charge < -0.3 is 0 Å². The first-order chi connectivity index (χ1) is 6.72. The number of nitrogens with zero attached hydrogens (tertiary/aromatic N) is 1. The molecule has 1 nitrogen and oxygen atoms in total. The van der Waals surface area contributed by atoms with Crippen molar-refractivity contribution in [3.05, 3.63) is 33.8 Å². The van der Waals surface area contributed by atoms with Gasteiger partial charge in [0.1, 0.15) is 0 Å². The van der Waals surface area contributed by atoms with Gasteiger partial charge in [-0.3, -0.25) is 4.99 Å². The first-order valence-corrected chi connectivity index (χ1v) is 5.43. The summed E-state index contributed by atoms with van der Waals surface area (Å²) in [4.78, 5) is 4.38. The summed E-state index contributed by atoms with van der Waals surface area (Å²) in [5.74, 6) is 0. The van der Waals surface area contributed by atoms with Crippen molar-refractivity contribution in [2.24, 2.45) is 4.99 Å². The topological polar surface area (TPSA) is 12.4 Å². The van der Waals surface area contributed by atoms with Crippen LogP contribution in [0.3, 0.4) is 0 Å². The second kappa shape index (κ2) is 3.74. The highest BCUT2D eigenvalue weighted by Crippen LogP contribution is 2.28. The molecule has 0 aliphatic carbocycles. The van der Waals surface area contributed by atoms with Gasteiger partial charge in [-0.2, -0.15) is 0 Å². The Balaban J connectivity index is 2.53. The minimum absolute atomic E-state index is 0.368. The lowest BCUT2D eigenvalue weighted by atomic mass is 9.96. The molecule has 74 valence electrons. The maximum absolute atomic E-state index is 6.33. The van der Waals surface area contributed by atoms with Crippen molar-refractivity contribution in [2.45, 2.75) is 32.7 Å². The summed E-state index contributed by atoms with van der Waals surface area (Å²) >= 11 is 6.33. The fourth-order valence-electron chi connectivity index (χ4n) is 1.84. The van der Waals surface area contributed by atoms with E-state index in [1.54, 1.807) is 0 Å². The summed E-state index contributed by atoms with van der Waals surface area (Å²) in [7, 11) is 0. The molecular weight excluding hydrogens is 194 g/mol. The highest BCUT2D eigenvalue weighted by atomic mass is 35.5. The Morgan fingerprint density at radius 1 is 1.50 bits per heavy atom. The maximum atomic E-state index is 6.33. The Morgan fingerprint density at radius 3 is 3.00 bits per heavy atom. The van der Waals surface area contributed by atoms with Crippen molar-refractivity contribution >= 4 is 17.8 Å². The molecule has 1 heterocycles. The van der Waals surface area contributed by atoms with Gasteiger partial charge in [0.05, 0.1) is 6.04 Å². The van der Waals surface area contributed by atoms with Crippen LogP contribution in [0.25, 0.3) is 0 Å². The van der Waals surface area contributed by atoms with E-state index in [9.17, 15) is 0 Å². The van der Waals surface area contributed by atoms with Crippen LogP contribution in [0.2, 0.25) is 5.02 Å². The lowest BCUT2D eigenvalue weighted by molar-refractivity contribution is 0.731. The van der Waals surface area contributed by atoms with Gasteiger partial charge in [0.2, 0.25) is 0 Å². The van der Waals surface area contributed by atoms with Gasteiger partial charge in [-0.25, -0.2) is 0 Å². The molecule has 0 radical (unpaired) electrons. The Labute approximate surface area is 89.8 Å². The van der Waals surface area contributed by atoms with Crippen LogP contribution in [0.15, 0.2) is 17.1 Å². The molecule has 1 aromatic rings. The molecule has 0 aromatic heterocycles. The minimum atomic E-state index is 0.368. The quantitative estimate of drug-likeness (QED) is 0.671. The highest BCUT2D eigenvalue weighted by molar-refractivity contribution is 6.32. The number of aryl methyl sites for hydroxylation is 1. The van der Waals surface area contributed by atoms with Crippen molar-refractivity contribution < 1.29 is 0 Å². The standard InChI is InChI=1S/C12H14ClN/c1-3-9-4-5-10-7-14-8(2)6-11(10)12(9)13/h4-5,7-8H,3,6H2,1-2H3. The number of hydrogen-bond donors (Lipinski definition) is 0. The van der Waals surface area contributed by atoms with E-state index in [-0.39, 0.29) is 0 Å². The van der Waals surface area contributed by atoms with Crippen molar-refractivity contribution in [3.8, 4) is 0 Å². The molecule has 2 rings (SSSR count). The number of benzene rings is 1. The van der Waals surface area contributed by atoms with E-state index in [1.807, 2.05) is 6.21 Å². The zero-order valence-corrected chi connectivity index (χ0v) is 9.30. The monoisotopic (exact) mass is 207 g/mol. The summed E-state index contributed by atoms with van der Waals surface area (Å²) in [5, 5.41) is 0.947. The largest absolute Gasteiger partial charge is 0.289 e. The van der Waals surface area contributed by atoms with Gasteiger partial charge in [-0.1, -0.05) is 30.7 Å². The molecule has 2 heteroatoms. The van der Waals surface area contributed by atoms with Crippen LogP contribution in [-0.2, 0) is 12.8 Å². The maximum Gasteiger partial charge on any atom is 0.0512 e. The van der Waals surface area contributed by atoms with Crippen molar-refractivity contribution in [3.63, 3.8) is 0 Å². The van der Waals surface area contributed by atoms with Crippen LogP contribution in [0, 0.1) is 0 Å². The first-order valence-electron chi connectivity index (χ1n) is 5.05. The van der Waals surface area contributed by atoms with E-state index >= 15 is 0 Å². The van der Waals surface area contributed by atoms with Crippen molar-refractivity contribution in [1.82, 2.24) is 0 Å². The summed E-state index contributed by atoms with van der Waals surface area (Å²) in [5.41, 5.74) is 3.70. The van der Waals surface area contributed by atoms with E-state index in [0.717, 1.165) is 17.9 Å². The second-order valence-corrected chi connectivity index (χ2v) is 4.17. The molecule has 0 spiro atoms. The molecule has 0 bridgehead atoms. The average Bonchev–Trinajstić information content (AvgIpc) is 2.20. The fraction of sp³-hybridized carbons (Fsp3) is 0.417. The van der Waals surface area contributed by atoms with Crippen LogP contribution in [-0.4, -0.2) is 12.3 Å². The predicted octanol–water partition coefficient (Wildman–Crippen LogP) is 3.27. The lowest BCUT2D eigenvalue weighted by Gasteiger charge is -2.18. The van der Waals surface area contributed by atoms with E-state index in [2.05, 4.69) is 31.0 Å². The van der Waals surface area contributed by atoms with Crippen LogP contribution < -0.4 is 0 Å². The minimum Gasteiger partial charge on any atom is -0.289 e. The molecule has 14 heavy (non-hydrogen) atoms. The normalized spacial score (nSPS) is 19.5. The number of halogens is 1. The molecule has 0 fully saturated rings. The third-order valence-corrected chi connectivity index (χ3v) is 3.18. The van der Waals surface area contributed by atoms with Crippen molar-refractivity contribution in [1.29, 1.82) is 0 Å². The van der Waals surface area contributed by atoms with Gasteiger partial charge in [0.25, 0.3) is 0 Å². The van der Waals surface area contributed by atoms with E-state index in [4.69, 9.17) is 11.6 Å². The van der Waals surface area contributed by atoms with Gasteiger partial charge in [-0.15, -0.1) is 0 Å². The molecule has 1 unspecified atom stereocenters. The average molecular weight is 208 g/mol. The molecule has 1 aliphatic rings. The predicted molar refractivity (Wildman–Crippen MR) is 61.6 cm³/mol. The third kappa shape index (κ3) is 1.57. The van der Waals surface area contributed by atoms with E-state index in [1.165, 1.54) is 16.7 Å². The zero-order valence-electron chi connectivity index (χ0n) is 8.55. The Hall–Kier alpha value is -0.820. The number of fused-ring (bicyclic) bond motifs is 1. The number of rotatable bonds is 1. The molecule has 0 N–H and O–H groups in total. The molecule has 1 atom stereocenters. The van der Waals surface area contributed by atoms with Gasteiger partial charge >= 0.3 is 0 Å². The summed E-state index contributed by atoms with van der Waals surface area (Å²) < 4.78 is 0. The molecule has 0 saturated carbocycles. The molecule has 0 saturated heterocycles. The van der Waals surface area contributed by atoms with Crippen LogP contribution in [0.4, 0.5) is 0 Å². The third-order valence-electron chi connectivity index (χ3n) is 2.71. The van der Waals surface area contributed by atoms with E-state index in [0.29, 0.717) is 6.04 Å². The number of hydrogen-bond acceptors (Lipinski definition) is 1. The Bertz CT molecular complexity index is 382. The van der Waals surface area contributed by atoms with Crippen LogP contribution in [0.5, 0.6) is 0 Å². The van der Waals surface area contributed by atoms with Crippen LogP contribution >= 0.6 is 11.6 Å². The summed E-state index contributed by atoms with van der Waals surface area (Å²) in [6, 6.07) is 4.59. The van der Waals surface area contributed by atoms with Gasteiger partial charge in [0.15, 0.2) is 0 Å². The smallest absolute Gasteiger partial charge is 0.0512 e. The SMILES string of the molecule is CCc1ccc2c(c1Cl)CC(C)N=C2. The Morgan fingerprint density at radius 2 is 2.29 bits per heavy atom. The fourth-order valence-corrected chi connectivity index (χ4v) is 2.22. The molecule has 0 amide bonds. The van der Waals surface area contributed by atoms with Gasteiger partial charge in [0, 0.05) is 11.2 Å². The zero-order chi connectivity index (χ0) is 10.1. The second-order valence-electron chi connectivity index (χ2n) is 3.79. The number of aliphatic imine (C=N–C) groups is 1. The van der Waals surface area contributed by atoms with E-state index < -0.39 is 0 Å². The molecule has 1 aliphatic heterocycles. The molecular formula is C12H14ClN. The lowest BCUT2D eigenvalue weighted by Crippen LogP contribution is -2.12.